The van der Waals surface area contributed by atoms with Crippen molar-refractivity contribution in [1.82, 2.24) is 0 Å². The molecule has 0 saturated carbocycles. The molecule has 0 aliphatic carbocycles. The largest absolute Gasteiger partial charge is 0.493 e. The molecule has 0 radical (unpaired) electrons. The van der Waals surface area contributed by atoms with Crippen LogP contribution < -0.4 is 4.74 Å². The van der Waals surface area contributed by atoms with Gasteiger partial charge in [0.15, 0.2) is 0 Å². The summed E-state index contributed by atoms with van der Waals surface area (Å²) in [6.45, 7) is 1.37. The number of hydrogen-bond donors (Lipinski definition) is 0. The number of hydrogen-bond acceptors (Lipinski definition) is 2. The fraction of sp³-hybridized carbons (Fsp3) is 0.455. The minimum atomic E-state index is 0.457. The Morgan fingerprint density at radius 2 is 2.13 bits per heavy atom. The summed E-state index contributed by atoms with van der Waals surface area (Å²) < 4.78 is 11.6. The highest BCUT2D eigenvalue weighted by Gasteiger charge is 2.03. The molecule has 84 valence electrons. The van der Waals surface area contributed by atoms with Gasteiger partial charge >= 0.3 is 0 Å². The molecular weight excluding hydrogens is 279 g/mol. The third-order valence-corrected chi connectivity index (χ3v) is 2.70. The Labute approximate surface area is 104 Å². The fourth-order valence-electron chi connectivity index (χ4n) is 1.18. The number of benzene rings is 1. The smallest absolute Gasteiger partial charge is 0.123 e. The molecule has 1 aromatic carbocycles. The molecule has 0 amide bonds. The Morgan fingerprint density at radius 3 is 2.80 bits per heavy atom. The van der Waals surface area contributed by atoms with Crippen molar-refractivity contribution in [1.29, 1.82) is 0 Å². The van der Waals surface area contributed by atoms with Gasteiger partial charge in [0.2, 0.25) is 0 Å². The molecule has 1 rings (SSSR count). The van der Waals surface area contributed by atoms with Crippen LogP contribution in [0, 0.1) is 0 Å². The zero-order chi connectivity index (χ0) is 11.1. The first kappa shape index (κ1) is 12.8. The molecule has 2 nitrogen and oxygen atoms in total. The van der Waals surface area contributed by atoms with Crippen molar-refractivity contribution in [2.45, 2.75) is 12.3 Å². The Morgan fingerprint density at radius 1 is 1.33 bits per heavy atom. The fourth-order valence-corrected chi connectivity index (χ4v) is 1.80. The molecule has 15 heavy (non-hydrogen) atoms. The van der Waals surface area contributed by atoms with Crippen molar-refractivity contribution in [2.24, 2.45) is 0 Å². The molecule has 0 aliphatic heterocycles. The number of methoxy groups -OCH3 is 1. The van der Waals surface area contributed by atoms with E-state index in [0.717, 1.165) is 22.2 Å². The first-order valence-corrected chi connectivity index (χ1v) is 6.07. The average Bonchev–Trinajstić information content (AvgIpc) is 2.26. The lowest BCUT2D eigenvalue weighted by atomic mass is 10.2. The molecule has 1 aromatic rings. The van der Waals surface area contributed by atoms with E-state index in [1.165, 1.54) is 0 Å². The molecular formula is C11H14BrClO2. The third kappa shape index (κ3) is 4.41. The number of alkyl halides is 1. The van der Waals surface area contributed by atoms with Gasteiger partial charge in [-0.25, -0.2) is 0 Å². The second kappa shape index (κ2) is 7.09. The monoisotopic (exact) mass is 292 g/mol. The van der Waals surface area contributed by atoms with Crippen molar-refractivity contribution < 1.29 is 9.47 Å². The van der Waals surface area contributed by atoms with Crippen molar-refractivity contribution >= 4 is 27.5 Å². The first-order chi connectivity index (χ1) is 7.27. The number of rotatable bonds is 6. The minimum Gasteiger partial charge on any atom is -0.493 e. The third-order valence-electron chi connectivity index (χ3n) is 1.92. The number of halogens is 2. The Hall–Kier alpha value is -0.250. The van der Waals surface area contributed by atoms with Gasteiger partial charge < -0.3 is 9.47 Å². The molecule has 0 aliphatic rings. The van der Waals surface area contributed by atoms with E-state index >= 15 is 0 Å². The lowest BCUT2D eigenvalue weighted by Crippen LogP contribution is -2.02. The van der Waals surface area contributed by atoms with Gasteiger partial charge in [0.1, 0.15) is 5.75 Å². The second-order valence-electron chi connectivity index (χ2n) is 3.08. The summed E-state index contributed by atoms with van der Waals surface area (Å²) in [4.78, 5) is 0. The summed E-state index contributed by atoms with van der Waals surface area (Å²) in [6.07, 6.45) is 0.883. The van der Waals surface area contributed by atoms with E-state index < -0.39 is 0 Å². The molecule has 4 heteroatoms. The predicted molar refractivity (Wildman–Crippen MR) is 65.7 cm³/mol. The standard InChI is InChI=1S/C11H14BrClO2/c1-14-5-2-6-15-11-4-3-10(12)7-9(11)8-13/h3-4,7H,2,5-6,8H2,1H3. The normalized spacial score (nSPS) is 10.3. The summed E-state index contributed by atoms with van der Waals surface area (Å²) in [7, 11) is 1.68. The van der Waals surface area contributed by atoms with Crippen molar-refractivity contribution in [3.8, 4) is 5.75 Å². The van der Waals surface area contributed by atoms with E-state index in [1.807, 2.05) is 18.2 Å². The van der Waals surface area contributed by atoms with Gasteiger partial charge in [-0.3, -0.25) is 0 Å². The van der Waals surface area contributed by atoms with Crippen molar-refractivity contribution in [2.75, 3.05) is 20.3 Å². The first-order valence-electron chi connectivity index (χ1n) is 4.74. The van der Waals surface area contributed by atoms with E-state index in [-0.39, 0.29) is 0 Å². The summed E-state index contributed by atoms with van der Waals surface area (Å²) in [6, 6.07) is 5.84. The van der Waals surface area contributed by atoms with Gasteiger partial charge in [-0.1, -0.05) is 15.9 Å². The van der Waals surface area contributed by atoms with Gasteiger partial charge in [-0.2, -0.15) is 0 Å². The maximum absolute atomic E-state index is 5.82. The Bertz CT molecular complexity index is 305. The molecule has 0 N–H and O–H groups in total. The lowest BCUT2D eigenvalue weighted by molar-refractivity contribution is 0.172. The van der Waals surface area contributed by atoms with E-state index in [9.17, 15) is 0 Å². The highest BCUT2D eigenvalue weighted by Crippen LogP contribution is 2.24. The summed E-state index contributed by atoms with van der Waals surface area (Å²) in [5.41, 5.74) is 1.00. The molecule has 0 atom stereocenters. The van der Waals surface area contributed by atoms with Crippen LogP contribution in [0.1, 0.15) is 12.0 Å². The van der Waals surface area contributed by atoms with Gasteiger partial charge in [0, 0.05) is 30.2 Å². The highest BCUT2D eigenvalue weighted by molar-refractivity contribution is 9.10. The van der Waals surface area contributed by atoms with Crippen LogP contribution in [0.4, 0.5) is 0 Å². The number of ether oxygens (including phenoxy) is 2. The molecule has 0 saturated heterocycles. The predicted octanol–water partition coefficient (Wildman–Crippen LogP) is 3.60. The van der Waals surface area contributed by atoms with Crippen molar-refractivity contribution in [3.63, 3.8) is 0 Å². The van der Waals surface area contributed by atoms with E-state index in [1.54, 1.807) is 7.11 Å². The SMILES string of the molecule is COCCCOc1ccc(Br)cc1CCl. The molecule has 0 heterocycles. The maximum atomic E-state index is 5.82. The van der Waals surface area contributed by atoms with Crippen LogP contribution in [0.25, 0.3) is 0 Å². The van der Waals surface area contributed by atoms with Gasteiger partial charge in [0.25, 0.3) is 0 Å². The maximum Gasteiger partial charge on any atom is 0.123 e. The molecule has 0 fully saturated rings. The van der Waals surface area contributed by atoms with Gasteiger partial charge in [-0.05, 0) is 18.2 Å². The average molecular weight is 294 g/mol. The second-order valence-corrected chi connectivity index (χ2v) is 4.26. The lowest BCUT2D eigenvalue weighted by Gasteiger charge is -2.09. The summed E-state index contributed by atoms with van der Waals surface area (Å²) in [5.74, 6) is 1.31. The Balaban J connectivity index is 2.52. The van der Waals surface area contributed by atoms with E-state index in [2.05, 4.69) is 15.9 Å². The van der Waals surface area contributed by atoms with Crippen LogP contribution >= 0.6 is 27.5 Å². The zero-order valence-corrected chi connectivity index (χ0v) is 11.0. The van der Waals surface area contributed by atoms with E-state index in [0.29, 0.717) is 19.1 Å². The quantitative estimate of drug-likeness (QED) is 0.589. The summed E-state index contributed by atoms with van der Waals surface area (Å²) >= 11 is 9.21. The van der Waals surface area contributed by atoms with Crippen LogP contribution in [0.2, 0.25) is 0 Å². The van der Waals surface area contributed by atoms with Gasteiger partial charge in [-0.15, -0.1) is 11.6 Å². The molecule has 0 bridgehead atoms. The van der Waals surface area contributed by atoms with Crippen LogP contribution in [0.3, 0.4) is 0 Å². The molecule has 0 unspecified atom stereocenters. The van der Waals surface area contributed by atoms with Crippen LogP contribution in [-0.4, -0.2) is 20.3 Å². The Kier molecular flexibility index (Phi) is 6.06. The van der Waals surface area contributed by atoms with Crippen LogP contribution in [0.5, 0.6) is 5.75 Å². The molecule has 0 aromatic heterocycles. The highest BCUT2D eigenvalue weighted by atomic mass is 79.9. The minimum absolute atomic E-state index is 0.457. The van der Waals surface area contributed by atoms with Crippen LogP contribution in [-0.2, 0) is 10.6 Å². The van der Waals surface area contributed by atoms with Gasteiger partial charge in [0.05, 0.1) is 12.5 Å². The molecule has 0 spiro atoms. The topological polar surface area (TPSA) is 18.5 Å². The van der Waals surface area contributed by atoms with Crippen molar-refractivity contribution in [3.05, 3.63) is 28.2 Å². The van der Waals surface area contributed by atoms with Crippen LogP contribution in [0.15, 0.2) is 22.7 Å². The van der Waals surface area contributed by atoms with E-state index in [4.69, 9.17) is 21.1 Å². The zero-order valence-electron chi connectivity index (χ0n) is 8.63. The summed E-state index contributed by atoms with van der Waals surface area (Å²) in [5, 5.41) is 0.